The van der Waals surface area contributed by atoms with Crippen LogP contribution in [0.3, 0.4) is 0 Å². The summed E-state index contributed by atoms with van der Waals surface area (Å²) in [5.41, 5.74) is 3.04. The predicted molar refractivity (Wildman–Crippen MR) is 117 cm³/mol. The normalized spacial score (nSPS) is 13.6. The third-order valence-corrected chi connectivity index (χ3v) is 5.18. The summed E-state index contributed by atoms with van der Waals surface area (Å²) in [6.45, 7) is 0.690. The van der Waals surface area contributed by atoms with Crippen LogP contribution in [-0.4, -0.2) is 63.5 Å². The van der Waals surface area contributed by atoms with E-state index >= 15 is 0 Å². The Bertz CT molecular complexity index is 1140. The lowest BCUT2D eigenvalue weighted by Gasteiger charge is -2.15. The zero-order valence-corrected chi connectivity index (χ0v) is 17.6. The standard InChI is InChI=1S/C23H23N5O4/c1-32-23(31)19-14-27(11-12-29)22(30)20(19)25-18-9-7-17(8-10-18)21-26-24-15-28(21)13-16-5-3-2-4-6-16/h2-10,15,25,29H,11-14H2,1H3. The maximum Gasteiger partial charge on any atom is 0.337 e. The molecule has 0 saturated heterocycles. The smallest absolute Gasteiger partial charge is 0.337 e. The highest BCUT2D eigenvalue weighted by molar-refractivity contribution is 6.08. The number of nitrogens with zero attached hydrogens (tertiary/aromatic N) is 4. The number of hydrogen-bond donors (Lipinski definition) is 2. The van der Waals surface area contributed by atoms with E-state index in [0.29, 0.717) is 12.2 Å². The second-order valence-electron chi connectivity index (χ2n) is 7.27. The van der Waals surface area contributed by atoms with Crippen LogP contribution >= 0.6 is 0 Å². The minimum Gasteiger partial charge on any atom is -0.466 e. The molecule has 3 aromatic rings. The Morgan fingerprint density at radius 2 is 1.91 bits per heavy atom. The van der Waals surface area contributed by atoms with Gasteiger partial charge >= 0.3 is 5.97 Å². The summed E-state index contributed by atoms with van der Waals surface area (Å²) in [6.07, 6.45) is 1.69. The van der Waals surface area contributed by atoms with Crippen LogP contribution in [0.25, 0.3) is 11.4 Å². The van der Waals surface area contributed by atoms with E-state index in [-0.39, 0.29) is 36.9 Å². The predicted octanol–water partition coefficient (Wildman–Crippen LogP) is 1.67. The van der Waals surface area contributed by atoms with Crippen molar-refractivity contribution in [1.29, 1.82) is 0 Å². The van der Waals surface area contributed by atoms with Gasteiger partial charge in [-0.2, -0.15) is 0 Å². The van der Waals surface area contributed by atoms with Crippen molar-refractivity contribution >= 4 is 17.6 Å². The Kier molecular flexibility index (Phi) is 6.27. The number of rotatable bonds is 8. The van der Waals surface area contributed by atoms with Crippen molar-refractivity contribution in [3.8, 4) is 11.4 Å². The average Bonchev–Trinajstić information content (AvgIpc) is 3.40. The monoisotopic (exact) mass is 433 g/mol. The number of aliphatic hydroxyl groups is 1. The minimum atomic E-state index is -0.577. The zero-order chi connectivity index (χ0) is 22.5. The Balaban J connectivity index is 1.54. The van der Waals surface area contributed by atoms with E-state index in [2.05, 4.69) is 15.5 Å². The fourth-order valence-corrected chi connectivity index (χ4v) is 3.57. The molecule has 1 aliphatic rings. The molecule has 0 saturated carbocycles. The highest BCUT2D eigenvalue weighted by Gasteiger charge is 2.34. The Hall–Kier alpha value is -3.98. The van der Waals surface area contributed by atoms with Crippen molar-refractivity contribution in [3.63, 3.8) is 0 Å². The highest BCUT2D eigenvalue weighted by Crippen LogP contribution is 2.25. The van der Waals surface area contributed by atoms with Crippen molar-refractivity contribution in [1.82, 2.24) is 19.7 Å². The molecule has 1 aromatic heterocycles. The van der Waals surface area contributed by atoms with Gasteiger partial charge in [-0.1, -0.05) is 30.3 Å². The van der Waals surface area contributed by atoms with Crippen molar-refractivity contribution in [2.45, 2.75) is 6.54 Å². The Labute approximate surface area is 185 Å². The first-order valence-electron chi connectivity index (χ1n) is 10.1. The topological polar surface area (TPSA) is 110 Å². The number of carbonyl (C=O) groups is 2. The van der Waals surface area contributed by atoms with E-state index in [1.807, 2.05) is 47.0 Å². The Morgan fingerprint density at radius 3 is 2.59 bits per heavy atom. The summed E-state index contributed by atoms with van der Waals surface area (Å²) >= 11 is 0. The molecule has 2 N–H and O–H groups in total. The number of methoxy groups -OCH3 is 1. The third kappa shape index (κ3) is 4.37. The lowest BCUT2D eigenvalue weighted by Crippen LogP contribution is -2.31. The summed E-state index contributed by atoms with van der Waals surface area (Å²) in [4.78, 5) is 26.2. The number of ether oxygens (including phenoxy) is 1. The van der Waals surface area contributed by atoms with Gasteiger partial charge in [0.1, 0.15) is 12.0 Å². The maximum absolute atomic E-state index is 12.7. The first-order valence-corrected chi connectivity index (χ1v) is 10.1. The first-order chi connectivity index (χ1) is 15.6. The molecule has 9 heteroatoms. The molecule has 0 spiro atoms. The molecule has 0 unspecified atom stereocenters. The lowest BCUT2D eigenvalue weighted by molar-refractivity contribution is -0.136. The molecule has 1 amide bonds. The molecule has 9 nitrogen and oxygen atoms in total. The largest absolute Gasteiger partial charge is 0.466 e. The first kappa shape index (κ1) is 21.3. The van der Waals surface area contributed by atoms with Gasteiger partial charge in [0.25, 0.3) is 5.91 Å². The quantitative estimate of drug-likeness (QED) is 0.520. The summed E-state index contributed by atoms with van der Waals surface area (Å²) in [5, 5.41) is 20.5. The van der Waals surface area contributed by atoms with Crippen molar-refractivity contribution < 1.29 is 19.4 Å². The van der Waals surface area contributed by atoms with Crippen LogP contribution in [0.15, 0.2) is 72.2 Å². The van der Waals surface area contributed by atoms with Crippen LogP contribution in [0.4, 0.5) is 5.69 Å². The zero-order valence-electron chi connectivity index (χ0n) is 17.6. The van der Waals surface area contributed by atoms with Crippen molar-refractivity contribution in [2.75, 3.05) is 32.1 Å². The maximum atomic E-state index is 12.7. The summed E-state index contributed by atoms with van der Waals surface area (Å²) < 4.78 is 6.77. The number of β-amino-alcohol motifs (C(OH)–C–C–N with tert-alkyl or cyclic N) is 1. The van der Waals surface area contributed by atoms with E-state index in [9.17, 15) is 14.7 Å². The van der Waals surface area contributed by atoms with E-state index in [0.717, 1.165) is 17.0 Å². The van der Waals surface area contributed by atoms with E-state index in [1.165, 1.54) is 12.0 Å². The molecule has 0 radical (unpaired) electrons. The SMILES string of the molecule is COC(=O)C1=C(Nc2ccc(-c3nncn3Cc3ccccc3)cc2)C(=O)N(CCO)C1. The van der Waals surface area contributed by atoms with Crippen molar-refractivity contribution in [2.24, 2.45) is 0 Å². The van der Waals surface area contributed by atoms with Gasteiger partial charge in [-0.15, -0.1) is 10.2 Å². The molecule has 1 aliphatic heterocycles. The molecule has 2 aromatic carbocycles. The van der Waals surface area contributed by atoms with Gasteiger partial charge in [0.2, 0.25) is 0 Å². The molecular weight excluding hydrogens is 410 g/mol. The molecule has 2 heterocycles. The summed E-state index contributed by atoms with van der Waals surface area (Å²) in [7, 11) is 1.27. The van der Waals surface area contributed by atoms with Crippen LogP contribution in [0, 0.1) is 0 Å². The molecule has 164 valence electrons. The third-order valence-electron chi connectivity index (χ3n) is 5.18. The number of anilines is 1. The van der Waals surface area contributed by atoms with Crippen LogP contribution < -0.4 is 5.32 Å². The van der Waals surface area contributed by atoms with E-state index in [1.54, 1.807) is 18.5 Å². The molecule has 0 fully saturated rings. The van der Waals surface area contributed by atoms with Gasteiger partial charge in [0.15, 0.2) is 5.82 Å². The van der Waals surface area contributed by atoms with E-state index < -0.39 is 5.97 Å². The van der Waals surface area contributed by atoms with Crippen LogP contribution in [-0.2, 0) is 20.9 Å². The molecular formula is C23H23N5O4. The van der Waals surface area contributed by atoms with E-state index in [4.69, 9.17) is 4.74 Å². The van der Waals surface area contributed by atoms with Crippen molar-refractivity contribution in [3.05, 3.63) is 77.8 Å². The van der Waals surface area contributed by atoms with Crippen LogP contribution in [0.2, 0.25) is 0 Å². The molecule has 0 bridgehead atoms. The molecule has 0 aliphatic carbocycles. The van der Waals surface area contributed by atoms with Gasteiger partial charge in [0.05, 0.1) is 32.4 Å². The highest BCUT2D eigenvalue weighted by atomic mass is 16.5. The van der Waals surface area contributed by atoms with Gasteiger partial charge in [-0.3, -0.25) is 4.79 Å². The fraction of sp³-hybridized carbons (Fsp3) is 0.217. The second kappa shape index (κ2) is 9.44. The van der Waals surface area contributed by atoms with Gasteiger partial charge in [-0.05, 0) is 29.8 Å². The number of carbonyl (C=O) groups excluding carboxylic acids is 2. The summed E-state index contributed by atoms with van der Waals surface area (Å²) in [6, 6.07) is 17.4. The van der Waals surface area contributed by atoms with Gasteiger partial charge in [0, 0.05) is 17.8 Å². The van der Waals surface area contributed by atoms with Crippen LogP contribution in [0.1, 0.15) is 5.56 Å². The number of aliphatic hydroxyl groups excluding tert-OH is 1. The molecule has 0 atom stereocenters. The average molecular weight is 433 g/mol. The number of benzene rings is 2. The van der Waals surface area contributed by atoms with Gasteiger partial charge in [-0.25, -0.2) is 4.79 Å². The molecule has 32 heavy (non-hydrogen) atoms. The number of nitrogens with one attached hydrogen (secondary N) is 1. The van der Waals surface area contributed by atoms with Crippen LogP contribution in [0.5, 0.6) is 0 Å². The number of hydrogen-bond acceptors (Lipinski definition) is 7. The number of aromatic nitrogens is 3. The number of amides is 1. The molecule has 4 rings (SSSR count). The lowest BCUT2D eigenvalue weighted by atomic mass is 10.1. The van der Waals surface area contributed by atoms with Gasteiger partial charge < -0.3 is 24.6 Å². The fourth-order valence-electron chi connectivity index (χ4n) is 3.57. The number of esters is 1. The summed E-state index contributed by atoms with van der Waals surface area (Å²) in [5.74, 6) is -0.209. The second-order valence-corrected chi connectivity index (χ2v) is 7.27. The minimum absolute atomic E-state index is 0.0923. The Morgan fingerprint density at radius 1 is 1.16 bits per heavy atom.